The van der Waals surface area contributed by atoms with Gasteiger partial charge in [-0.3, -0.25) is 4.68 Å². The van der Waals surface area contributed by atoms with Crippen molar-refractivity contribution in [3.05, 3.63) is 83.9 Å². The highest BCUT2D eigenvalue weighted by atomic mass is 19.4. The number of rotatable bonds is 13. The minimum atomic E-state index is -4.74. The Kier molecular flexibility index (Phi) is 10.3. The molecule has 1 unspecified atom stereocenters. The molecule has 3 heterocycles. The largest absolute Gasteiger partial charge is 0.494 e. The molecule has 0 saturated heterocycles. The summed E-state index contributed by atoms with van der Waals surface area (Å²) in [6.45, 7) is 1.64. The summed E-state index contributed by atoms with van der Waals surface area (Å²) in [6.07, 6.45) is 0.777. The molecule has 16 heteroatoms. The van der Waals surface area contributed by atoms with Crippen molar-refractivity contribution in [3.8, 4) is 39.9 Å². The maximum absolute atomic E-state index is 14.4. The second-order valence-electron chi connectivity index (χ2n) is 9.97. The van der Waals surface area contributed by atoms with Crippen molar-refractivity contribution in [1.29, 1.82) is 0 Å². The Balaban J connectivity index is 1.50. The normalized spacial score (nSPS) is 12.3. The van der Waals surface area contributed by atoms with E-state index in [1.54, 1.807) is 0 Å². The fourth-order valence-corrected chi connectivity index (χ4v) is 4.50. The maximum atomic E-state index is 14.4. The number of esters is 1. The number of alkyl halides is 3. The van der Waals surface area contributed by atoms with Crippen LogP contribution in [0.3, 0.4) is 0 Å². The number of ether oxygens (including phenoxy) is 3. The molecule has 0 aliphatic carbocycles. The van der Waals surface area contributed by atoms with Gasteiger partial charge in [0.25, 0.3) is 0 Å². The van der Waals surface area contributed by atoms with Gasteiger partial charge in [0, 0.05) is 23.5 Å². The van der Waals surface area contributed by atoms with Crippen molar-refractivity contribution in [1.82, 2.24) is 29.7 Å². The number of nitrogens with zero attached hydrogens (tertiary/aromatic N) is 6. The number of aliphatic hydroxyl groups excluding tert-OH is 1. The highest BCUT2D eigenvalue weighted by molar-refractivity contribution is 5.78. The third kappa shape index (κ3) is 7.66. The number of imidazole rings is 1. The van der Waals surface area contributed by atoms with Gasteiger partial charge in [-0.25, -0.2) is 33.5 Å². The lowest BCUT2D eigenvalue weighted by Gasteiger charge is -2.19. The van der Waals surface area contributed by atoms with Crippen LogP contribution >= 0.6 is 0 Å². The monoisotopic (exact) mass is 658 g/mol. The van der Waals surface area contributed by atoms with Gasteiger partial charge in [0.1, 0.15) is 23.7 Å². The van der Waals surface area contributed by atoms with Crippen LogP contribution in [0.5, 0.6) is 5.75 Å². The van der Waals surface area contributed by atoms with Crippen LogP contribution < -0.4 is 4.74 Å². The summed E-state index contributed by atoms with van der Waals surface area (Å²) in [5.41, 5.74) is -1.01. The van der Waals surface area contributed by atoms with Crippen LogP contribution in [-0.4, -0.2) is 73.8 Å². The number of aliphatic hydroxyl groups is 1. The van der Waals surface area contributed by atoms with Crippen molar-refractivity contribution < 1.29 is 46.1 Å². The molecule has 2 aromatic carbocycles. The summed E-state index contributed by atoms with van der Waals surface area (Å²) in [7, 11) is 0. The fourth-order valence-electron chi connectivity index (χ4n) is 4.50. The number of halogens is 5. The van der Waals surface area contributed by atoms with Crippen LogP contribution in [0, 0.1) is 11.6 Å². The van der Waals surface area contributed by atoms with E-state index in [2.05, 4.69) is 25.0 Å². The lowest BCUT2D eigenvalue weighted by atomic mass is 10.1. The molecule has 0 spiro atoms. The zero-order chi connectivity index (χ0) is 33.6. The molecule has 0 fully saturated rings. The van der Waals surface area contributed by atoms with E-state index >= 15 is 0 Å². The van der Waals surface area contributed by atoms with Gasteiger partial charge in [0.05, 0.1) is 49.9 Å². The Morgan fingerprint density at radius 2 is 1.70 bits per heavy atom. The molecule has 2 aliphatic rings. The first-order chi connectivity index (χ1) is 22.6. The average Bonchev–Trinajstić information content (AvgIpc) is 3.48. The minimum absolute atomic E-state index is 0.0266. The van der Waals surface area contributed by atoms with Crippen molar-refractivity contribution in [3.63, 3.8) is 0 Å². The van der Waals surface area contributed by atoms with Crippen molar-refractivity contribution in [2.24, 2.45) is 0 Å². The van der Waals surface area contributed by atoms with Gasteiger partial charge in [0.15, 0.2) is 29.3 Å². The van der Waals surface area contributed by atoms with E-state index in [1.807, 2.05) is 6.92 Å². The molecule has 3 aromatic rings. The SMILES string of the molecule is CCCOc1ccc(-c2ncc(C(C(=O)OCCOCCO)n3cc4nc(-c5cccc(F)c5F)nc-4cn3)cn2)c(C(F)(F)F)c1. The summed E-state index contributed by atoms with van der Waals surface area (Å²) in [6, 6.07) is 5.68. The van der Waals surface area contributed by atoms with Gasteiger partial charge in [-0.1, -0.05) is 13.0 Å². The molecule has 1 aromatic heterocycles. The van der Waals surface area contributed by atoms with Crippen LogP contribution in [0.2, 0.25) is 0 Å². The molecule has 0 saturated carbocycles. The Morgan fingerprint density at radius 1 is 0.936 bits per heavy atom. The van der Waals surface area contributed by atoms with Crippen molar-refractivity contribution in [2.75, 3.05) is 33.0 Å². The smallest absolute Gasteiger partial charge is 0.417 e. The van der Waals surface area contributed by atoms with E-state index in [9.17, 15) is 26.7 Å². The highest BCUT2D eigenvalue weighted by Gasteiger charge is 2.35. The molecule has 0 bridgehead atoms. The van der Waals surface area contributed by atoms with E-state index in [-0.39, 0.29) is 78.5 Å². The van der Waals surface area contributed by atoms with E-state index < -0.39 is 35.4 Å². The molecule has 0 amide bonds. The molecule has 47 heavy (non-hydrogen) atoms. The molecular weight excluding hydrogens is 631 g/mol. The number of aromatic nitrogens is 6. The van der Waals surface area contributed by atoms with Gasteiger partial charge in [-0.05, 0) is 36.8 Å². The molecular formula is C31H27F5N6O5. The number of fused-ring (bicyclic) bond motifs is 1. The average molecular weight is 659 g/mol. The second-order valence-corrected chi connectivity index (χ2v) is 9.97. The van der Waals surface area contributed by atoms with Crippen molar-refractivity contribution >= 4 is 5.97 Å². The first-order valence-electron chi connectivity index (χ1n) is 14.3. The summed E-state index contributed by atoms with van der Waals surface area (Å²) in [4.78, 5) is 30.1. The first-order valence-corrected chi connectivity index (χ1v) is 14.3. The van der Waals surface area contributed by atoms with Crippen LogP contribution in [0.1, 0.15) is 30.5 Å². The molecule has 246 valence electrons. The summed E-state index contributed by atoms with van der Waals surface area (Å²) in [5, 5.41) is 13.1. The van der Waals surface area contributed by atoms with Crippen molar-refractivity contribution in [2.45, 2.75) is 25.6 Å². The fraction of sp³-hybridized carbons (Fsp3) is 0.290. The zero-order valence-electron chi connectivity index (χ0n) is 24.7. The first kappa shape index (κ1) is 33.3. The number of hydrogen-bond acceptors (Lipinski definition) is 10. The van der Waals surface area contributed by atoms with Gasteiger partial charge in [-0.15, -0.1) is 0 Å². The lowest BCUT2D eigenvalue weighted by Crippen LogP contribution is -2.26. The molecule has 1 N–H and O–H groups in total. The Morgan fingerprint density at radius 3 is 2.43 bits per heavy atom. The molecule has 5 rings (SSSR count). The number of benzene rings is 2. The van der Waals surface area contributed by atoms with E-state index in [1.165, 1.54) is 49.1 Å². The zero-order valence-corrected chi connectivity index (χ0v) is 24.7. The van der Waals surface area contributed by atoms with Gasteiger partial charge in [-0.2, -0.15) is 18.3 Å². The molecule has 1 atom stereocenters. The highest BCUT2D eigenvalue weighted by Crippen LogP contribution is 2.38. The summed E-state index contributed by atoms with van der Waals surface area (Å²) >= 11 is 0. The second kappa shape index (κ2) is 14.6. The topological polar surface area (TPSA) is 134 Å². The number of carbonyl (C=O) groups is 1. The standard InChI is InChI=1S/C31H27F5N6O5/c1-2-9-46-19-6-7-20(22(13-19)31(34,35)36)28-37-14-18(15-38-28)27(30(44)47-12-11-45-10-8-43)42-17-25-24(16-39-42)40-29(41-25)21-4-3-5-23(32)26(21)33/h3-7,13-17,27,43H,2,8-12H2,1H3. The Bertz CT molecular complexity index is 1800. The van der Waals surface area contributed by atoms with Gasteiger partial charge in [0.2, 0.25) is 0 Å². The Hall–Kier alpha value is -5.09. The number of hydrogen-bond donors (Lipinski definition) is 1. The van der Waals surface area contributed by atoms with Crippen LogP contribution in [0.4, 0.5) is 22.0 Å². The minimum Gasteiger partial charge on any atom is -0.494 e. The third-order valence-corrected chi connectivity index (χ3v) is 6.67. The summed E-state index contributed by atoms with van der Waals surface area (Å²) < 4.78 is 87.2. The van der Waals surface area contributed by atoms with Gasteiger partial charge < -0.3 is 19.3 Å². The predicted octanol–water partition coefficient (Wildman–Crippen LogP) is 5.13. The van der Waals surface area contributed by atoms with Gasteiger partial charge >= 0.3 is 12.1 Å². The molecule has 11 nitrogen and oxygen atoms in total. The van der Waals surface area contributed by atoms with Crippen LogP contribution in [0.15, 0.2) is 61.2 Å². The predicted molar refractivity (Wildman–Crippen MR) is 155 cm³/mol. The van der Waals surface area contributed by atoms with E-state index in [4.69, 9.17) is 19.3 Å². The molecule has 2 aliphatic heterocycles. The van der Waals surface area contributed by atoms with Crippen LogP contribution in [0.25, 0.3) is 34.2 Å². The lowest BCUT2D eigenvalue weighted by molar-refractivity contribution is -0.148. The van der Waals surface area contributed by atoms with E-state index in [0.717, 1.165) is 16.8 Å². The van der Waals surface area contributed by atoms with E-state index in [0.29, 0.717) is 6.42 Å². The summed E-state index contributed by atoms with van der Waals surface area (Å²) in [5.74, 6) is -3.40. The third-order valence-electron chi connectivity index (χ3n) is 6.67. The Labute approximate surface area is 264 Å². The molecule has 0 radical (unpaired) electrons. The van der Waals surface area contributed by atoms with Crippen LogP contribution in [-0.2, 0) is 20.4 Å². The quantitative estimate of drug-likeness (QED) is 0.103. The number of carbonyl (C=O) groups excluding carboxylic acids is 1. The maximum Gasteiger partial charge on any atom is 0.417 e.